The van der Waals surface area contributed by atoms with Crippen LogP contribution in [0.4, 0.5) is 0 Å². The molecule has 1 aromatic heterocycles. The van der Waals surface area contributed by atoms with Crippen LogP contribution in [0.5, 0.6) is 0 Å². The van der Waals surface area contributed by atoms with Gasteiger partial charge in [0.25, 0.3) is 0 Å². The topological polar surface area (TPSA) is 30.0 Å². The Hall–Kier alpha value is -1.27. The van der Waals surface area contributed by atoms with E-state index in [1.165, 1.54) is 0 Å². The summed E-state index contributed by atoms with van der Waals surface area (Å²) in [6.45, 7) is 0. The number of hydrogen-bond acceptors (Lipinski definition) is 2. The summed E-state index contributed by atoms with van der Waals surface area (Å²) in [5.74, 6) is 0. The van der Waals surface area contributed by atoms with E-state index < -0.39 is 0 Å². The van der Waals surface area contributed by atoms with E-state index in [9.17, 15) is 4.57 Å². The van der Waals surface area contributed by atoms with Crippen LogP contribution >= 0.6 is 8.46 Å². The molecular weight excluding hydrogens is 169 g/mol. The van der Waals surface area contributed by atoms with Crippen LogP contribution in [-0.4, -0.2) is 4.98 Å². The lowest BCUT2D eigenvalue weighted by Crippen LogP contribution is -1.96. The van der Waals surface area contributed by atoms with Crippen LogP contribution in [0.2, 0.25) is 0 Å². The Morgan fingerprint density at radius 2 is 1.92 bits per heavy atom. The molecule has 0 bridgehead atoms. The van der Waals surface area contributed by atoms with Crippen LogP contribution in [0.15, 0.2) is 36.4 Å². The van der Waals surface area contributed by atoms with Crippen LogP contribution in [0.25, 0.3) is 10.9 Å². The number of aromatic nitrogens is 1. The van der Waals surface area contributed by atoms with Crippen LogP contribution in [0.3, 0.4) is 0 Å². The Kier molecular flexibility index (Phi) is 1.84. The summed E-state index contributed by atoms with van der Waals surface area (Å²) < 4.78 is 10.5. The second-order valence-corrected chi connectivity index (χ2v) is 3.09. The highest BCUT2D eigenvalue weighted by Crippen LogP contribution is 2.09. The average Bonchev–Trinajstić information content (AvgIpc) is 2.17. The zero-order valence-electron chi connectivity index (χ0n) is 6.27. The monoisotopic (exact) mass is 175 g/mol. The number of fused-ring (bicyclic) bond motifs is 1. The average molecular weight is 175 g/mol. The fraction of sp³-hybridized carbons (Fsp3) is 0. The maximum atomic E-state index is 10.5. The van der Waals surface area contributed by atoms with E-state index in [-0.39, 0.29) is 8.46 Å². The minimum Gasteiger partial charge on any atom is -0.268 e. The minimum atomic E-state index is -0.0226. The molecule has 0 saturated carbocycles. The second-order valence-electron chi connectivity index (χ2n) is 2.45. The van der Waals surface area contributed by atoms with Gasteiger partial charge < -0.3 is 0 Å². The summed E-state index contributed by atoms with van der Waals surface area (Å²) in [5, 5.41) is 1.07. The van der Waals surface area contributed by atoms with Crippen LogP contribution in [0.1, 0.15) is 0 Å². The maximum absolute atomic E-state index is 10.5. The molecule has 0 aliphatic heterocycles. The molecule has 2 rings (SSSR count). The molecule has 1 aromatic carbocycles. The van der Waals surface area contributed by atoms with Crippen molar-refractivity contribution in [3.05, 3.63) is 36.4 Å². The van der Waals surface area contributed by atoms with Crippen molar-refractivity contribution in [3.63, 3.8) is 0 Å². The Morgan fingerprint density at radius 1 is 1.08 bits per heavy atom. The molecule has 0 spiro atoms. The van der Waals surface area contributed by atoms with Gasteiger partial charge in [0.05, 0.1) is 5.52 Å². The van der Waals surface area contributed by atoms with Gasteiger partial charge in [-0.1, -0.05) is 24.3 Å². The molecule has 0 atom stereocenters. The maximum Gasteiger partial charge on any atom is 0.212 e. The van der Waals surface area contributed by atoms with E-state index in [1.54, 1.807) is 6.07 Å². The van der Waals surface area contributed by atoms with Gasteiger partial charge in [0.1, 0.15) is 5.44 Å². The molecular formula is C9H6NOP. The minimum absolute atomic E-state index is 0.0226. The number of rotatable bonds is 1. The molecule has 3 heteroatoms. The Morgan fingerprint density at radius 3 is 2.75 bits per heavy atom. The second kappa shape index (κ2) is 3.00. The third-order valence-corrected chi connectivity index (χ3v) is 2.11. The van der Waals surface area contributed by atoms with E-state index in [0.717, 1.165) is 10.9 Å². The Bertz CT molecular complexity index is 428. The standard InChI is InChI=1S/C9H6NOP/c11-12-9-6-5-7-3-1-2-4-8(7)10-9/h1-6H. The third-order valence-electron chi connectivity index (χ3n) is 1.68. The first-order valence-corrected chi connectivity index (χ1v) is 4.40. The van der Waals surface area contributed by atoms with Crippen LogP contribution in [0, 0.1) is 0 Å². The predicted molar refractivity (Wildman–Crippen MR) is 49.0 cm³/mol. The number of nitrogens with zero attached hydrogens (tertiary/aromatic N) is 1. The molecule has 0 fully saturated rings. The molecule has 0 N–H and O–H groups in total. The Balaban J connectivity index is 2.75. The van der Waals surface area contributed by atoms with Gasteiger partial charge >= 0.3 is 0 Å². The lowest BCUT2D eigenvalue weighted by atomic mass is 10.2. The molecule has 0 amide bonds. The van der Waals surface area contributed by atoms with Crippen LogP contribution in [-0.2, 0) is 4.57 Å². The largest absolute Gasteiger partial charge is 0.268 e. The van der Waals surface area contributed by atoms with Gasteiger partial charge in [0.2, 0.25) is 8.46 Å². The third kappa shape index (κ3) is 1.21. The van der Waals surface area contributed by atoms with Crippen LogP contribution < -0.4 is 5.44 Å². The van der Waals surface area contributed by atoms with Crippen molar-refractivity contribution in [3.8, 4) is 0 Å². The summed E-state index contributed by atoms with van der Waals surface area (Å²) in [4.78, 5) is 4.17. The van der Waals surface area contributed by atoms with Crippen molar-refractivity contribution in [1.82, 2.24) is 4.98 Å². The van der Waals surface area contributed by atoms with Crippen molar-refractivity contribution in [2.45, 2.75) is 0 Å². The van der Waals surface area contributed by atoms with Gasteiger partial charge in [0, 0.05) is 5.39 Å². The van der Waals surface area contributed by atoms with Gasteiger partial charge in [-0.15, -0.1) is 0 Å². The molecule has 0 saturated heterocycles. The van der Waals surface area contributed by atoms with Gasteiger partial charge in [-0.05, 0) is 12.1 Å². The van der Waals surface area contributed by atoms with Gasteiger partial charge in [0.15, 0.2) is 0 Å². The number of benzene rings is 1. The normalized spacial score (nSPS) is 10.7. The first kappa shape index (κ1) is 7.38. The molecule has 58 valence electrons. The van der Waals surface area contributed by atoms with E-state index in [4.69, 9.17) is 0 Å². The lowest BCUT2D eigenvalue weighted by molar-refractivity contribution is 0.602. The zero-order chi connectivity index (χ0) is 8.39. The summed E-state index contributed by atoms with van der Waals surface area (Å²) in [7, 11) is -0.0226. The van der Waals surface area contributed by atoms with Crippen molar-refractivity contribution < 1.29 is 4.57 Å². The molecule has 1 heterocycles. The summed E-state index contributed by atoms with van der Waals surface area (Å²) in [5.41, 5.74) is 1.46. The summed E-state index contributed by atoms with van der Waals surface area (Å²) in [6.07, 6.45) is 0. The summed E-state index contributed by atoms with van der Waals surface area (Å²) in [6, 6.07) is 11.4. The van der Waals surface area contributed by atoms with Crippen molar-refractivity contribution in [2.24, 2.45) is 0 Å². The summed E-state index contributed by atoms with van der Waals surface area (Å²) >= 11 is 0. The molecule has 12 heavy (non-hydrogen) atoms. The molecule has 0 unspecified atom stereocenters. The number of para-hydroxylation sites is 1. The van der Waals surface area contributed by atoms with Crippen molar-refractivity contribution in [2.75, 3.05) is 0 Å². The highest BCUT2D eigenvalue weighted by Gasteiger charge is 1.95. The highest BCUT2D eigenvalue weighted by atomic mass is 31.1. The molecule has 0 aliphatic carbocycles. The first-order chi connectivity index (χ1) is 5.90. The number of pyridine rings is 1. The predicted octanol–water partition coefficient (Wildman–Crippen LogP) is 2.15. The molecule has 2 nitrogen and oxygen atoms in total. The molecule has 0 aliphatic rings. The van der Waals surface area contributed by atoms with Gasteiger partial charge in [-0.25, -0.2) is 4.98 Å². The smallest absolute Gasteiger partial charge is 0.212 e. The van der Waals surface area contributed by atoms with Gasteiger partial charge in [-0.2, -0.15) is 0 Å². The van der Waals surface area contributed by atoms with Crippen molar-refractivity contribution >= 4 is 24.8 Å². The van der Waals surface area contributed by atoms with E-state index >= 15 is 0 Å². The fourth-order valence-electron chi connectivity index (χ4n) is 1.11. The van der Waals surface area contributed by atoms with E-state index in [1.807, 2.05) is 30.3 Å². The number of hydrogen-bond donors (Lipinski definition) is 0. The SMILES string of the molecule is O=Pc1ccc2ccccc2n1. The van der Waals surface area contributed by atoms with E-state index in [2.05, 4.69) is 4.98 Å². The lowest BCUT2D eigenvalue weighted by Gasteiger charge is -1.94. The van der Waals surface area contributed by atoms with Gasteiger partial charge in [-0.3, -0.25) is 4.57 Å². The fourth-order valence-corrected chi connectivity index (χ4v) is 1.39. The molecule has 0 radical (unpaired) electrons. The van der Waals surface area contributed by atoms with Crippen molar-refractivity contribution in [1.29, 1.82) is 0 Å². The highest BCUT2D eigenvalue weighted by molar-refractivity contribution is 7.33. The Labute approximate surface area is 71.5 Å². The first-order valence-electron chi connectivity index (χ1n) is 3.59. The zero-order valence-corrected chi connectivity index (χ0v) is 7.16. The quantitative estimate of drug-likeness (QED) is 0.621. The van der Waals surface area contributed by atoms with E-state index in [0.29, 0.717) is 5.44 Å². The molecule has 2 aromatic rings.